The summed E-state index contributed by atoms with van der Waals surface area (Å²) < 4.78 is 23.1. The van der Waals surface area contributed by atoms with Gasteiger partial charge < -0.3 is 39.2 Å². The second kappa shape index (κ2) is 11.5. The third kappa shape index (κ3) is 5.26. The van der Waals surface area contributed by atoms with Gasteiger partial charge in [0.15, 0.2) is 23.0 Å². The minimum absolute atomic E-state index is 0.0388. The first-order chi connectivity index (χ1) is 20.0. The second-order valence-corrected chi connectivity index (χ2v) is 10.8. The number of aliphatic hydroxyl groups is 1. The first-order valence-electron chi connectivity index (χ1n) is 14.2. The van der Waals surface area contributed by atoms with Gasteiger partial charge in [0.05, 0.1) is 62.1 Å². The van der Waals surface area contributed by atoms with Gasteiger partial charge in [0.1, 0.15) is 0 Å². The Morgan fingerprint density at radius 3 is 2.34 bits per heavy atom. The standard InChI is InChI=1S/C30H36N4O7/c1-38-25-11-21-23(31-15-18-6-5-7-33(18)29(21)36)13-27(25)40-8-3-4-9-41-28-14-24-22(12-26(28)39-2)30(37)34-17-20(35)10-19(34)16-32-24/h11-14,16,18-20,31,35H,3-10,15,17H2,1-2H3/t18-,19-,20+/m0/s1. The maximum Gasteiger partial charge on any atom is 0.256 e. The molecule has 4 aliphatic rings. The van der Waals surface area contributed by atoms with Crippen LogP contribution in [0.1, 0.15) is 52.8 Å². The van der Waals surface area contributed by atoms with Gasteiger partial charge in [-0.05, 0) is 37.8 Å². The molecule has 0 aliphatic carbocycles. The minimum atomic E-state index is -0.540. The fraction of sp³-hybridized carbons (Fsp3) is 0.500. The average Bonchev–Trinajstić information content (AvgIpc) is 3.56. The highest BCUT2D eigenvalue weighted by Crippen LogP contribution is 2.39. The largest absolute Gasteiger partial charge is 0.493 e. The monoisotopic (exact) mass is 564 g/mol. The van der Waals surface area contributed by atoms with Crippen LogP contribution in [0.15, 0.2) is 29.3 Å². The molecule has 0 spiro atoms. The van der Waals surface area contributed by atoms with E-state index >= 15 is 0 Å². The highest BCUT2D eigenvalue weighted by molar-refractivity contribution is 6.03. The Morgan fingerprint density at radius 1 is 0.927 bits per heavy atom. The summed E-state index contributed by atoms with van der Waals surface area (Å²) in [5.41, 5.74) is 2.35. The van der Waals surface area contributed by atoms with E-state index in [0.717, 1.165) is 44.5 Å². The quantitative estimate of drug-likeness (QED) is 0.445. The molecule has 3 atom stereocenters. The van der Waals surface area contributed by atoms with Gasteiger partial charge in [-0.3, -0.25) is 14.6 Å². The zero-order valence-corrected chi connectivity index (χ0v) is 23.4. The molecule has 11 nitrogen and oxygen atoms in total. The number of carbonyl (C=O) groups is 2. The van der Waals surface area contributed by atoms with E-state index in [9.17, 15) is 14.7 Å². The average molecular weight is 565 g/mol. The predicted octanol–water partition coefficient (Wildman–Crippen LogP) is 3.26. The van der Waals surface area contributed by atoms with Crippen LogP contribution in [-0.4, -0.2) is 98.2 Å². The Morgan fingerprint density at radius 2 is 1.61 bits per heavy atom. The van der Waals surface area contributed by atoms with Crippen LogP contribution in [0.5, 0.6) is 23.0 Å². The zero-order chi connectivity index (χ0) is 28.5. The van der Waals surface area contributed by atoms with Crippen molar-refractivity contribution in [2.45, 2.75) is 50.3 Å². The Labute approximate surface area is 239 Å². The fourth-order valence-electron chi connectivity index (χ4n) is 6.06. The molecule has 4 heterocycles. The molecule has 0 unspecified atom stereocenters. The highest BCUT2D eigenvalue weighted by Gasteiger charge is 2.37. The van der Waals surface area contributed by atoms with Gasteiger partial charge in [0, 0.05) is 50.4 Å². The minimum Gasteiger partial charge on any atom is -0.493 e. The van der Waals surface area contributed by atoms with Gasteiger partial charge in [-0.25, -0.2) is 0 Å². The van der Waals surface area contributed by atoms with Crippen molar-refractivity contribution in [3.05, 3.63) is 35.4 Å². The van der Waals surface area contributed by atoms with Gasteiger partial charge in [0.2, 0.25) is 0 Å². The van der Waals surface area contributed by atoms with Gasteiger partial charge in [0.25, 0.3) is 11.8 Å². The lowest BCUT2D eigenvalue weighted by molar-refractivity contribution is 0.0742. The molecule has 0 radical (unpaired) electrons. The van der Waals surface area contributed by atoms with Crippen LogP contribution in [0.2, 0.25) is 0 Å². The van der Waals surface area contributed by atoms with Crippen molar-refractivity contribution >= 4 is 29.4 Å². The maximum atomic E-state index is 13.1. The van der Waals surface area contributed by atoms with Crippen LogP contribution in [0, 0.1) is 0 Å². The number of aliphatic hydroxyl groups excluding tert-OH is 1. The number of anilines is 1. The van der Waals surface area contributed by atoms with Crippen molar-refractivity contribution in [3.63, 3.8) is 0 Å². The number of hydrogen-bond donors (Lipinski definition) is 2. The molecule has 6 rings (SSSR count). The summed E-state index contributed by atoms with van der Waals surface area (Å²) in [7, 11) is 3.11. The summed E-state index contributed by atoms with van der Waals surface area (Å²) >= 11 is 0. The number of nitrogens with one attached hydrogen (secondary N) is 1. The van der Waals surface area contributed by atoms with Crippen LogP contribution in [0.4, 0.5) is 11.4 Å². The summed E-state index contributed by atoms with van der Waals surface area (Å²) in [6.45, 7) is 2.69. The van der Waals surface area contributed by atoms with Crippen LogP contribution in [0.25, 0.3) is 0 Å². The van der Waals surface area contributed by atoms with E-state index in [0.29, 0.717) is 66.0 Å². The number of benzene rings is 2. The molecule has 4 aliphatic heterocycles. The molecule has 2 aromatic rings. The maximum absolute atomic E-state index is 13.1. The smallest absolute Gasteiger partial charge is 0.256 e. The predicted molar refractivity (Wildman–Crippen MR) is 152 cm³/mol. The van der Waals surface area contributed by atoms with Gasteiger partial charge in [-0.2, -0.15) is 0 Å². The van der Waals surface area contributed by atoms with Gasteiger partial charge in [-0.1, -0.05) is 0 Å². The second-order valence-electron chi connectivity index (χ2n) is 10.8. The SMILES string of the molecule is COc1cc2c(cc1OCCCCOc1cc3c(cc1OC)C(=O)N1CCC[C@H]1CN3)N=C[C@@H]1C[C@@H](O)CN1C2=O. The summed E-state index contributed by atoms with van der Waals surface area (Å²) in [6.07, 6.45) is 5.16. The van der Waals surface area contributed by atoms with Crippen molar-refractivity contribution < 1.29 is 33.6 Å². The molecule has 218 valence electrons. The number of fused-ring (bicyclic) bond motifs is 4. The number of hydrogen-bond acceptors (Lipinski definition) is 9. The van der Waals surface area contributed by atoms with Crippen LogP contribution in [0.3, 0.4) is 0 Å². The molecule has 2 N–H and O–H groups in total. The molecule has 11 heteroatoms. The number of carbonyl (C=O) groups excluding carboxylic acids is 2. The lowest BCUT2D eigenvalue weighted by atomic mass is 10.1. The summed E-state index contributed by atoms with van der Waals surface area (Å²) in [4.78, 5) is 34.3. The number of nitrogens with zero attached hydrogens (tertiary/aromatic N) is 3. The van der Waals surface area contributed by atoms with Crippen molar-refractivity contribution in [1.82, 2.24) is 9.80 Å². The van der Waals surface area contributed by atoms with Crippen molar-refractivity contribution in [3.8, 4) is 23.0 Å². The molecule has 0 bridgehead atoms. The number of rotatable bonds is 9. The van der Waals surface area contributed by atoms with Crippen LogP contribution < -0.4 is 24.3 Å². The molecule has 2 aromatic carbocycles. The van der Waals surface area contributed by atoms with E-state index in [4.69, 9.17) is 18.9 Å². The van der Waals surface area contributed by atoms with Crippen LogP contribution in [-0.2, 0) is 0 Å². The lowest BCUT2D eigenvalue weighted by Gasteiger charge is -2.21. The summed E-state index contributed by atoms with van der Waals surface area (Å²) in [6, 6.07) is 7.03. The normalized spacial score (nSPS) is 22.7. The Bertz CT molecular complexity index is 1360. The van der Waals surface area contributed by atoms with Gasteiger partial charge >= 0.3 is 0 Å². The molecule has 41 heavy (non-hydrogen) atoms. The molecule has 0 saturated carbocycles. The van der Waals surface area contributed by atoms with Crippen molar-refractivity contribution in [2.24, 2.45) is 4.99 Å². The summed E-state index contributed by atoms with van der Waals surface area (Å²) in [5.74, 6) is 1.97. The number of ether oxygens (including phenoxy) is 4. The number of aliphatic imine (C=N–C) groups is 1. The lowest BCUT2D eigenvalue weighted by Crippen LogP contribution is -2.36. The molecular formula is C30H36N4O7. The number of unbranched alkanes of at least 4 members (excludes halogenated alkanes) is 1. The summed E-state index contributed by atoms with van der Waals surface area (Å²) in [5, 5.41) is 13.4. The van der Waals surface area contributed by atoms with E-state index in [1.807, 2.05) is 11.0 Å². The Kier molecular flexibility index (Phi) is 7.61. The third-order valence-corrected chi connectivity index (χ3v) is 8.23. The fourth-order valence-corrected chi connectivity index (χ4v) is 6.06. The first kappa shape index (κ1) is 27.2. The Balaban J connectivity index is 1.05. The molecule has 2 fully saturated rings. The molecular weight excluding hydrogens is 528 g/mol. The van der Waals surface area contributed by atoms with E-state index in [2.05, 4.69) is 10.3 Å². The van der Waals surface area contributed by atoms with E-state index in [1.165, 1.54) is 7.11 Å². The number of methoxy groups -OCH3 is 2. The highest BCUT2D eigenvalue weighted by atomic mass is 16.5. The molecule has 2 saturated heterocycles. The van der Waals surface area contributed by atoms with Crippen molar-refractivity contribution in [1.29, 1.82) is 0 Å². The van der Waals surface area contributed by atoms with Gasteiger partial charge in [-0.15, -0.1) is 0 Å². The third-order valence-electron chi connectivity index (χ3n) is 8.23. The zero-order valence-electron chi connectivity index (χ0n) is 23.4. The topological polar surface area (TPSA) is 122 Å². The Hall–Kier alpha value is -3.99. The van der Waals surface area contributed by atoms with Crippen LogP contribution >= 0.6 is 0 Å². The molecule has 0 aromatic heterocycles. The molecule has 2 amide bonds. The van der Waals surface area contributed by atoms with E-state index in [-0.39, 0.29) is 23.9 Å². The number of amides is 2. The van der Waals surface area contributed by atoms with E-state index < -0.39 is 6.10 Å². The first-order valence-corrected chi connectivity index (χ1v) is 14.2. The van der Waals surface area contributed by atoms with E-state index in [1.54, 1.807) is 36.4 Å². The van der Waals surface area contributed by atoms with Crippen molar-refractivity contribution in [2.75, 3.05) is 52.4 Å².